The number of hydrogen-bond acceptors (Lipinski definition) is 6. The summed E-state index contributed by atoms with van der Waals surface area (Å²) in [5.74, 6) is -0.781. The Labute approximate surface area is 146 Å². The van der Waals surface area contributed by atoms with Crippen molar-refractivity contribution in [1.82, 2.24) is 5.32 Å². The number of carbonyl (C=O) groups is 1. The molecule has 1 saturated heterocycles. The number of benzene rings is 1. The number of nitrogens with one attached hydrogen (secondary N) is 2. The zero-order valence-corrected chi connectivity index (χ0v) is 14.0. The van der Waals surface area contributed by atoms with Crippen molar-refractivity contribution < 1.29 is 19.2 Å². The molecule has 8 nitrogen and oxygen atoms in total. The Kier molecular flexibility index (Phi) is 5.50. The minimum absolute atomic E-state index is 0.00176. The smallest absolute Gasteiger partial charge is 0.292 e. The van der Waals surface area contributed by atoms with Gasteiger partial charge in [-0.05, 0) is 18.9 Å². The van der Waals surface area contributed by atoms with E-state index < -0.39 is 10.7 Å². The quantitative estimate of drug-likeness (QED) is 0.603. The van der Waals surface area contributed by atoms with Gasteiger partial charge in [0.1, 0.15) is 5.69 Å². The number of nitro benzene ring substituents is 1. The molecule has 136 valence electrons. The lowest BCUT2D eigenvalue weighted by molar-refractivity contribution is -0.384. The largest absolute Gasteiger partial charge is 0.379 e. The molecule has 0 aromatic heterocycles. The van der Waals surface area contributed by atoms with Crippen LogP contribution >= 0.6 is 0 Å². The van der Waals surface area contributed by atoms with Crippen LogP contribution in [0.25, 0.3) is 0 Å². The van der Waals surface area contributed by atoms with E-state index in [0.29, 0.717) is 25.4 Å². The van der Waals surface area contributed by atoms with Crippen LogP contribution in [0, 0.1) is 10.1 Å². The summed E-state index contributed by atoms with van der Waals surface area (Å²) in [4.78, 5) is 22.8. The van der Waals surface area contributed by atoms with Crippen LogP contribution < -0.4 is 10.6 Å². The number of carbonyl (C=O) groups excluding carboxylic acids is 1. The van der Waals surface area contributed by atoms with Crippen LogP contribution in [-0.4, -0.2) is 42.4 Å². The van der Waals surface area contributed by atoms with Gasteiger partial charge in [-0.1, -0.05) is 18.6 Å². The third-order valence-electron chi connectivity index (χ3n) is 4.68. The lowest BCUT2D eigenvalue weighted by Gasteiger charge is -2.39. The summed E-state index contributed by atoms with van der Waals surface area (Å²) in [6, 6.07) is 6.26. The minimum atomic E-state index is -0.667. The van der Waals surface area contributed by atoms with E-state index in [-0.39, 0.29) is 24.1 Å². The van der Waals surface area contributed by atoms with Gasteiger partial charge in [0.05, 0.1) is 24.2 Å². The summed E-state index contributed by atoms with van der Waals surface area (Å²) < 4.78 is 11.6. The Bertz CT molecular complexity index is 630. The van der Waals surface area contributed by atoms with Crippen LogP contribution in [0.4, 0.5) is 11.4 Å². The first-order valence-corrected chi connectivity index (χ1v) is 8.65. The molecule has 1 aromatic rings. The van der Waals surface area contributed by atoms with Crippen LogP contribution in [0.1, 0.15) is 32.1 Å². The molecule has 8 heteroatoms. The molecule has 25 heavy (non-hydrogen) atoms. The molecule has 1 amide bonds. The molecular formula is C17H23N3O5. The lowest BCUT2D eigenvalue weighted by Crippen LogP contribution is -2.55. The van der Waals surface area contributed by atoms with Gasteiger partial charge in [0.15, 0.2) is 5.79 Å². The molecule has 1 saturated carbocycles. The monoisotopic (exact) mass is 349 g/mol. The molecule has 3 rings (SSSR count). The van der Waals surface area contributed by atoms with Crippen LogP contribution in [0.15, 0.2) is 24.3 Å². The molecule has 1 atom stereocenters. The standard InChI is InChI=1S/C17H23N3O5/c21-16(8-10-18-13-5-1-2-6-14(13)20(22)23)19-15-7-3-4-9-17(15)24-11-12-25-17/h1-2,5-6,15,18H,3-4,7-12H2,(H,19,21)/t15-/m0/s1. The van der Waals surface area contributed by atoms with Gasteiger partial charge in [0.25, 0.3) is 5.69 Å². The van der Waals surface area contributed by atoms with E-state index in [1.165, 1.54) is 6.07 Å². The molecule has 2 fully saturated rings. The summed E-state index contributed by atoms with van der Waals surface area (Å²) in [7, 11) is 0. The summed E-state index contributed by atoms with van der Waals surface area (Å²) in [6.07, 6.45) is 3.92. The van der Waals surface area contributed by atoms with Gasteiger partial charge in [-0.2, -0.15) is 0 Å². The number of amides is 1. The SMILES string of the molecule is O=C(CCNc1ccccc1[N+](=O)[O-])N[C@H]1CCCCC12OCCO2. The van der Waals surface area contributed by atoms with E-state index in [0.717, 1.165) is 25.7 Å². The summed E-state index contributed by atoms with van der Waals surface area (Å²) in [6.45, 7) is 1.44. The van der Waals surface area contributed by atoms with Gasteiger partial charge in [-0.3, -0.25) is 14.9 Å². The number of nitro groups is 1. The number of anilines is 1. The maximum absolute atomic E-state index is 12.3. The second-order valence-electron chi connectivity index (χ2n) is 6.33. The van der Waals surface area contributed by atoms with E-state index in [2.05, 4.69) is 10.6 Å². The number of ether oxygens (including phenoxy) is 2. The third-order valence-corrected chi connectivity index (χ3v) is 4.68. The Morgan fingerprint density at radius 2 is 2.04 bits per heavy atom. The maximum atomic E-state index is 12.3. The van der Waals surface area contributed by atoms with Crippen molar-refractivity contribution in [1.29, 1.82) is 0 Å². The van der Waals surface area contributed by atoms with Crippen molar-refractivity contribution in [2.24, 2.45) is 0 Å². The predicted molar refractivity (Wildman–Crippen MR) is 91.2 cm³/mol. The average molecular weight is 349 g/mol. The van der Waals surface area contributed by atoms with Crippen molar-refractivity contribution in [3.05, 3.63) is 34.4 Å². The molecule has 0 bridgehead atoms. The molecule has 1 heterocycles. The summed E-state index contributed by atoms with van der Waals surface area (Å²) in [5.41, 5.74) is 0.416. The Balaban J connectivity index is 1.51. The number of rotatable bonds is 6. The lowest BCUT2D eigenvalue weighted by atomic mass is 9.89. The fourth-order valence-electron chi connectivity index (χ4n) is 3.47. The van der Waals surface area contributed by atoms with Gasteiger partial charge in [0, 0.05) is 25.5 Å². The second-order valence-corrected chi connectivity index (χ2v) is 6.33. The average Bonchev–Trinajstić information content (AvgIpc) is 3.06. The van der Waals surface area contributed by atoms with E-state index in [1.807, 2.05) is 0 Å². The fourth-order valence-corrected chi connectivity index (χ4v) is 3.47. The highest BCUT2D eigenvalue weighted by molar-refractivity contribution is 5.77. The summed E-state index contributed by atoms with van der Waals surface area (Å²) in [5, 5.41) is 17.0. The maximum Gasteiger partial charge on any atom is 0.292 e. The Morgan fingerprint density at radius 1 is 1.28 bits per heavy atom. The topological polar surface area (TPSA) is 103 Å². The van der Waals surface area contributed by atoms with Crippen LogP contribution in [0.2, 0.25) is 0 Å². The first-order chi connectivity index (χ1) is 12.1. The van der Waals surface area contributed by atoms with Crippen molar-refractivity contribution in [3.63, 3.8) is 0 Å². The van der Waals surface area contributed by atoms with Gasteiger partial charge < -0.3 is 20.1 Å². The van der Waals surface area contributed by atoms with Crippen molar-refractivity contribution in [3.8, 4) is 0 Å². The van der Waals surface area contributed by atoms with Gasteiger partial charge in [0.2, 0.25) is 5.91 Å². The van der Waals surface area contributed by atoms with Gasteiger partial charge in [-0.15, -0.1) is 0 Å². The zero-order chi connectivity index (χ0) is 17.7. The molecule has 2 aliphatic rings. The number of nitrogens with zero attached hydrogens (tertiary/aromatic N) is 1. The van der Waals surface area contributed by atoms with E-state index >= 15 is 0 Å². The first kappa shape index (κ1) is 17.6. The number of para-hydroxylation sites is 2. The van der Waals surface area contributed by atoms with Gasteiger partial charge in [-0.25, -0.2) is 0 Å². The highest BCUT2D eigenvalue weighted by Crippen LogP contribution is 2.36. The molecule has 1 aromatic carbocycles. The number of hydrogen-bond donors (Lipinski definition) is 2. The van der Waals surface area contributed by atoms with Crippen LogP contribution in [0.3, 0.4) is 0 Å². The highest BCUT2D eigenvalue weighted by Gasteiger charge is 2.46. The summed E-state index contributed by atoms with van der Waals surface area (Å²) >= 11 is 0. The third kappa shape index (κ3) is 4.08. The molecule has 1 aliphatic carbocycles. The molecule has 0 unspecified atom stereocenters. The van der Waals surface area contributed by atoms with Crippen molar-refractivity contribution in [2.45, 2.75) is 43.9 Å². The molecule has 0 radical (unpaired) electrons. The molecular weight excluding hydrogens is 326 g/mol. The highest BCUT2D eigenvalue weighted by atomic mass is 16.7. The van der Waals surface area contributed by atoms with Crippen LogP contribution in [-0.2, 0) is 14.3 Å². The van der Waals surface area contributed by atoms with E-state index in [4.69, 9.17) is 9.47 Å². The van der Waals surface area contributed by atoms with Gasteiger partial charge >= 0.3 is 0 Å². The zero-order valence-electron chi connectivity index (χ0n) is 14.0. The minimum Gasteiger partial charge on any atom is -0.379 e. The first-order valence-electron chi connectivity index (χ1n) is 8.65. The fraction of sp³-hybridized carbons (Fsp3) is 0.588. The van der Waals surface area contributed by atoms with E-state index in [9.17, 15) is 14.9 Å². The molecule has 1 spiro atoms. The van der Waals surface area contributed by atoms with Crippen molar-refractivity contribution in [2.75, 3.05) is 25.1 Å². The normalized spacial score (nSPS) is 21.8. The molecule has 2 N–H and O–H groups in total. The van der Waals surface area contributed by atoms with Crippen molar-refractivity contribution >= 4 is 17.3 Å². The second kappa shape index (κ2) is 7.79. The van der Waals surface area contributed by atoms with Crippen LogP contribution in [0.5, 0.6) is 0 Å². The Hall–Kier alpha value is -2.19. The Morgan fingerprint density at radius 3 is 2.80 bits per heavy atom. The van der Waals surface area contributed by atoms with E-state index in [1.54, 1.807) is 18.2 Å². The molecule has 1 aliphatic heterocycles. The predicted octanol–water partition coefficient (Wildman–Crippen LogP) is 2.20.